The molecule has 1 atom stereocenters. The molecule has 0 radical (unpaired) electrons. The second-order valence-corrected chi connectivity index (χ2v) is 3.63. The fourth-order valence-corrected chi connectivity index (χ4v) is 1.85. The standard InChI is InChI=1S/C9H19NO.ClH/c1-7(10)8-3-5-9(11-2)6-4-8;/h7-9H,3-6,10H2,1-2H3;1H. The van der Waals surface area contributed by atoms with Crippen LogP contribution >= 0.6 is 12.4 Å². The lowest BCUT2D eigenvalue weighted by Crippen LogP contribution is -2.32. The number of methoxy groups -OCH3 is 1. The molecule has 0 saturated heterocycles. The Morgan fingerprint density at radius 3 is 2.08 bits per heavy atom. The van der Waals surface area contributed by atoms with E-state index < -0.39 is 0 Å². The smallest absolute Gasteiger partial charge is 0.0571 e. The first-order valence-electron chi connectivity index (χ1n) is 4.52. The molecule has 0 heterocycles. The van der Waals surface area contributed by atoms with Gasteiger partial charge >= 0.3 is 0 Å². The maximum absolute atomic E-state index is 5.81. The van der Waals surface area contributed by atoms with E-state index in [4.69, 9.17) is 10.5 Å². The molecule has 1 unspecified atom stereocenters. The van der Waals surface area contributed by atoms with Crippen molar-refractivity contribution in [3.05, 3.63) is 0 Å². The predicted molar refractivity (Wildman–Crippen MR) is 53.7 cm³/mol. The second-order valence-electron chi connectivity index (χ2n) is 3.63. The van der Waals surface area contributed by atoms with Gasteiger partial charge in [0.05, 0.1) is 6.10 Å². The molecule has 2 N–H and O–H groups in total. The molecule has 0 aromatic carbocycles. The van der Waals surface area contributed by atoms with Gasteiger partial charge in [-0.1, -0.05) is 0 Å². The molecule has 0 aliphatic heterocycles. The van der Waals surface area contributed by atoms with Gasteiger partial charge in [-0.25, -0.2) is 0 Å². The molecule has 1 aliphatic rings. The molecular formula is C9H20ClNO. The van der Waals surface area contributed by atoms with Crippen LogP contribution in [0.15, 0.2) is 0 Å². The highest BCUT2D eigenvalue weighted by molar-refractivity contribution is 5.85. The molecule has 1 fully saturated rings. The second kappa shape index (κ2) is 5.79. The largest absolute Gasteiger partial charge is 0.381 e. The number of rotatable bonds is 2. The molecule has 0 spiro atoms. The molecule has 3 heteroatoms. The first kappa shape index (κ1) is 12.2. The van der Waals surface area contributed by atoms with Crippen LogP contribution < -0.4 is 5.73 Å². The van der Waals surface area contributed by atoms with Crippen molar-refractivity contribution in [2.45, 2.75) is 44.8 Å². The Morgan fingerprint density at radius 1 is 1.25 bits per heavy atom. The summed E-state index contributed by atoms with van der Waals surface area (Å²) in [5, 5.41) is 0. The summed E-state index contributed by atoms with van der Waals surface area (Å²) in [6.45, 7) is 2.11. The van der Waals surface area contributed by atoms with E-state index >= 15 is 0 Å². The van der Waals surface area contributed by atoms with Crippen LogP contribution in [0.5, 0.6) is 0 Å². The van der Waals surface area contributed by atoms with Gasteiger partial charge in [0, 0.05) is 13.2 Å². The molecule has 12 heavy (non-hydrogen) atoms. The number of hydrogen-bond acceptors (Lipinski definition) is 2. The molecular weight excluding hydrogens is 174 g/mol. The summed E-state index contributed by atoms with van der Waals surface area (Å²) in [5.41, 5.74) is 5.81. The Bertz CT molecular complexity index is 111. The molecule has 0 aromatic heterocycles. The van der Waals surface area contributed by atoms with Crippen molar-refractivity contribution in [1.82, 2.24) is 0 Å². The number of ether oxygens (including phenoxy) is 1. The third-order valence-electron chi connectivity index (χ3n) is 2.80. The maximum atomic E-state index is 5.81. The summed E-state index contributed by atoms with van der Waals surface area (Å²) >= 11 is 0. The SMILES string of the molecule is COC1CCC(C(C)N)CC1.Cl. The van der Waals surface area contributed by atoms with Gasteiger partial charge in [-0.15, -0.1) is 12.4 Å². The zero-order valence-corrected chi connectivity index (χ0v) is 8.77. The Morgan fingerprint density at radius 2 is 1.75 bits per heavy atom. The predicted octanol–water partition coefficient (Wildman–Crippen LogP) is 1.96. The Kier molecular flexibility index (Phi) is 5.89. The average Bonchev–Trinajstić information content (AvgIpc) is 2.05. The lowest BCUT2D eigenvalue weighted by atomic mass is 9.83. The van der Waals surface area contributed by atoms with Crippen molar-refractivity contribution in [3.63, 3.8) is 0 Å². The molecule has 1 saturated carbocycles. The molecule has 1 rings (SSSR count). The van der Waals surface area contributed by atoms with Crippen LogP contribution in [-0.4, -0.2) is 19.3 Å². The van der Waals surface area contributed by atoms with E-state index in [0.29, 0.717) is 12.1 Å². The lowest BCUT2D eigenvalue weighted by molar-refractivity contribution is 0.0538. The minimum absolute atomic E-state index is 0. The Balaban J connectivity index is 0.00000121. The summed E-state index contributed by atoms with van der Waals surface area (Å²) in [6, 6.07) is 0.368. The number of halogens is 1. The van der Waals surface area contributed by atoms with E-state index in [1.54, 1.807) is 7.11 Å². The summed E-state index contributed by atoms with van der Waals surface area (Å²) in [6.07, 6.45) is 5.39. The molecule has 0 amide bonds. The van der Waals surface area contributed by atoms with Gasteiger partial charge in [-0.3, -0.25) is 0 Å². The van der Waals surface area contributed by atoms with E-state index in [1.165, 1.54) is 25.7 Å². The molecule has 74 valence electrons. The van der Waals surface area contributed by atoms with Crippen molar-refractivity contribution in [3.8, 4) is 0 Å². The average molecular weight is 194 g/mol. The Hall–Kier alpha value is 0.210. The highest BCUT2D eigenvalue weighted by atomic mass is 35.5. The first-order valence-corrected chi connectivity index (χ1v) is 4.52. The summed E-state index contributed by atoms with van der Waals surface area (Å²) in [4.78, 5) is 0. The van der Waals surface area contributed by atoms with Crippen molar-refractivity contribution in [1.29, 1.82) is 0 Å². The summed E-state index contributed by atoms with van der Waals surface area (Å²) < 4.78 is 5.28. The van der Waals surface area contributed by atoms with Gasteiger partial charge in [-0.05, 0) is 38.5 Å². The minimum Gasteiger partial charge on any atom is -0.381 e. The lowest BCUT2D eigenvalue weighted by Gasteiger charge is -2.29. The van der Waals surface area contributed by atoms with Crippen LogP contribution in [0.3, 0.4) is 0 Å². The van der Waals surface area contributed by atoms with E-state index in [1.807, 2.05) is 0 Å². The van der Waals surface area contributed by atoms with Crippen molar-refractivity contribution < 1.29 is 4.74 Å². The third-order valence-corrected chi connectivity index (χ3v) is 2.80. The quantitative estimate of drug-likeness (QED) is 0.728. The van der Waals surface area contributed by atoms with Crippen LogP contribution in [0.4, 0.5) is 0 Å². The van der Waals surface area contributed by atoms with Gasteiger partial charge < -0.3 is 10.5 Å². The van der Waals surface area contributed by atoms with E-state index in [-0.39, 0.29) is 12.4 Å². The summed E-state index contributed by atoms with van der Waals surface area (Å²) in [5.74, 6) is 0.737. The zero-order chi connectivity index (χ0) is 8.27. The van der Waals surface area contributed by atoms with Gasteiger partial charge in [0.25, 0.3) is 0 Å². The van der Waals surface area contributed by atoms with Crippen LogP contribution in [0.1, 0.15) is 32.6 Å². The maximum Gasteiger partial charge on any atom is 0.0571 e. The van der Waals surface area contributed by atoms with E-state index in [9.17, 15) is 0 Å². The van der Waals surface area contributed by atoms with Gasteiger partial charge in [-0.2, -0.15) is 0 Å². The van der Waals surface area contributed by atoms with Crippen molar-refractivity contribution in [2.75, 3.05) is 7.11 Å². The molecule has 2 nitrogen and oxygen atoms in total. The molecule has 1 aliphatic carbocycles. The number of nitrogens with two attached hydrogens (primary N) is 1. The topological polar surface area (TPSA) is 35.2 Å². The minimum atomic E-state index is 0. The summed E-state index contributed by atoms with van der Waals surface area (Å²) in [7, 11) is 1.80. The van der Waals surface area contributed by atoms with Crippen molar-refractivity contribution in [2.24, 2.45) is 11.7 Å². The van der Waals surface area contributed by atoms with E-state index in [2.05, 4.69) is 6.92 Å². The first-order chi connectivity index (χ1) is 5.24. The molecule has 0 bridgehead atoms. The van der Waals surface area contributed by atoms with Gasteiger partial charge in [0.15, 0.2) is 0 Å². The van der Waals surface area contributed by atoms with Crippen molar-refractivity contribution >= 4 is 12.4 Å². The van der Waals surface area contributed by atoms with Gasteiger partial charge in [0.2, 0.25) is 0 Å². The van der Waals surface area contributed by atoms with Crippen LogP contribution in [-0.2, 0) is 4.74 Å². The van der Waals surface area contributed by atoms with Crippen LogP contribution in [0.2, 0.25) is 0 Å². The number of hydrogen-bond donors (Lipinski definition) is 1. The van der Waals surface area contributed by atoms with Crippen LogP contribution in [0, 0.1) is 5.92 Å². The Labute approximate surface area is 81.3 Å². The normalized spacial score (nSPS) is 32.2. The molecule has 0 aromatic rings. The highest BCUT2D eigenvalue weighted by Gasteiger charge is 2.22. The van der Waals surface area contributed by atoms with E-state index in [0.717, 1.165) is 5.92 Å². The third kappa shape index (κ3) is 3.30. The van der Waals surface area contributed by atoms with Gasteiger partial charge in [0.1, 0.15) is 0 Å². The zero-order valence-electron chi connectivity index (χ0n) is 7.95. The fraction of sp³-hybridized carbons (Fsp3) is 1.00. The highest BCUT2D eigenvalue weighted by Crippen LogP contribution is 2.27. The fourth-order valence-electron chi connectivity index (χ4n) is 1.85. The van der Waals surface area contributed by atoms with Crippen LogP contribution in [0.25, 0.3) is 0 Å². The monoisotopic (exact) mass is 193 g/mol.